The Labute approximate surface area is 124 Å². The smallest absolute Gasteiger partial charge is 0.175 e. The highest BCUT2D eigenvalue weighted by Crippen LogP contribution is 2.35. The summed E-state index contributed by atoms with van der Waals surface area (Å²) in [6.45, 7) is 3.82. The van der Waals surface area contributed by atoms with Gasteiger partial charge in [-0.25, -0.2) is 0 Å². The molecule has 0 saturated carbocycles. The van der Waals surface area contributed by atoms with Crippen molar-refractivity contribution in [2.75, 3.05) is 0 Å². The molecule has 0 spiro atoms. The number of Topliss-reactive ketones (excluding diaryl/α,β-unsaturated/α-hetero) is 1. The van der Waals surface area contributed by atoms with Crippen molar-refractivity contribution in [2.24, 2.45) is 5.92 Å². The maximum Gasteiger partial charge on any atom is 0.175 e. The van der Waals surface area contributed by atoms with Gasteiger partial charge in [0.25, 0.3) is 0 Å². The van der Waals surface area contributed by atoms with E-state index in [9.17, 15) is 4.79 Å². The lowest BCUT2D eigenvalue weighted by Crippen LogP contribution is -2.04. The first-order valence-electron chi connectivity index (χ1n) is 5.58. The van der Waals surface area contributed by atoms with Crippen molar-refractivity contribution in [2.45, 2.75) is 13.8 Å². The second kappa shape index (κ2) is 5.55. The highest BCUT2D eigenvalue weighted by atomic mass is 79.9. The third-order valence-corrected chi connectivity index (χ3v) is 4.51. The lowest BCUT2D eigenvalue weighted by atomic mass is 10.1. The Morgan fingerprint density at radius 3 is 2.61 bits per heavy atom. The highest BCUT2D eigenvalue weighted by molar-refractivity contribution is 9.10. The van der Waals surface area contributed by atoms with Crippen LogP contribution in [0.4, 0.5) is 0 Å². The standard InChI is InChI=1S/C14H12BrClOS/c1-8(2)14(17)13-6-5-12(18-13)10-4-3-9(15)7-11(10)16/h3-8H,1-2H3. The summed E-state index contributed by atoms with van der Waals surface area (Å²) in [6, 6.07) is 9.60. The lowest BCUT2D eigenvalue weighted by molar-refractivity contribution is 0.0943. The van der Waals surface area contributed by atoms with Crippen LogP contribution >= 0.6 is 38.9 Å². The molecule has 2 rings (SSSR count). The third kappa shape index (κ3) is 2.85. The fourth-order valence-corrected chi connectivity index (χ4v) is 3.55. The Hall–Kier alpha value is -0.640. The molecule has 94 valence electrons. The van der Waals surface area contributed by atoms with E-state index in [4.69, 9.17) is 11.6 Å². The maximum atomic E-state index is 11.9. The number of carbonyl (C=O) groups is 1. The van der Waals surface area contributed by atoms with Crippen molar-refractivity contribution >= 4 is 44.7 Å². The average Bonchev–Trinajstić information content (AvgIpc) is 2.77. The quantitative estimate of drug-likeness (QED) is 0.656. The van der Waals surface area contributed by atoms with E-state index >= 15 is 0 Å². The Morgan fingerprint density at radius 2 is 2.00 bits per heavy atom. The van der Waals surface area contributed by atoms with E-state index in [2.05, 4.69) is 15.9 Å². The molecule has 0 aliphatic carbocycles. The molecular formula is C14H12BrClOS. The van der Waals surface area contributed by atoms with Gasteiger partial charge in [-0.2, -0.15) is 0 Å². The zero-order valence-corrected chi connectivity index (χ0v) is 13.2. The molecule has 4 heteroatoms. The number of hydrogen-bond acceptors (Lipinski definition) is 2. The van der Waals surface area contributed by atoms with Crippen LogP contribution in [0.2, 0.25) is 5.02 Å². The van der Waals surface area contributed by atoms with Crippen LogP contribution in [-0.2, 0) is 0 Å². The number of hydrogen-bond donors (Lipinski definition) is 0. The Bertz CT molecular complexity index is 589. The van der Waals surface area contributed by atoms with E-state index in [1.165, 1.54) is 11.3 Å². The van der Waals surface area contributed by atoms with Crippen LogP contribution < -0.4 is 0 Å². The van der Waals surface area contributed by atoms with Crippen LogP contribution in [0.25, 0.3) is 10.4 Å². The molecule has 0 aliphatic heterocycles. The van der Waals surface area contributed by atoms with E-state index < -0.39 is 0 Å². The second-order valence-corrected chi connectivity index (χ2v) is 6.71. The molecule has 1 aromatic heterocycles. The molecule has 0 aliphatic rings. The zero-order chi connectivity index (χ0) is 13.3. The molecule has 0 N–H and O–H groups in total. The molecule has 0 amide bonds. The zero-order valence-electron chi connectivity index (χ0n) is 10.0. The van der Waals surface area contributed by atoms with Gasteiger partial charge in [0.05, 0.1) is 9.90 Å². The molecule has 0 atom stereocenters. The Kier molecular flexibility index (Phi) is 4.25. The van der Waals surface area contributed by atoms with Crippen molar-refractivity contribution in [3.63, 3.8) is 0 Å². The summed E-state index contributed by atoms with van der Waals surface area (Å²) >= 11 is 11.1. The predicted molar refractivity (Wildman–Crippen MR) is 81.6 cm³/mol. The molecule has 0 saturated heterocycles. The summed E-state index contributed by atoms with van der Waals surface area (Å²) in [7, 11) is 0. The van der Waals surface area contributed by atoms with Gasteiger partial charge in [0.2, 0.25) is 0 Å². The Morgan fingerprint density at radius 1 is 1.28 bits per heavy atom. The van der Waals surface area contributed by atoms with E-state index in [0.717, 1.165) is 19.8 Å². The largest absolute Gasteiger partial charge is 0.293 e. The number of thiophene rings is 1. The van der Waals surface area contributed by atoms with Gasteiger partial charge >= 0.3 is 0 Å². The molecular weight excluding hydrogens is 332 g/mol. The Balaban J connectivity index is 2.38. The van der Waals surface area contributed by atoms with Gasteiger partial charge in [-0.3, -0.25) is 4.79 Å². The van der Waals surface area contributed by atoms with Gasteiger partial charge in [-0.05, 0) is 24.3 Å². The monoisotopic (exact) mass is 342 g/mol. The van der Waals surface area contributed by atoms with Gasteiger partial charge in [-0.15, -0.1) is 11.3 Å². The van der Waals surface area contributed by atoms with Crippen molar-refractivity contribution in [3.8, 4) is 10.4 Å². The van der Waals surface area contributed by atoms with E-state index in [0.29, 0.717) is 5.02 Å². The van der Waals surface area contributed by atoms with Crippen molar-refractivity contribution in [1.82, 2.24) is 0 Å². The lowest BCUT2D eigenvalue weighted by Gasteiger charge is -2.02. The van der Waals surface area contributed by atoms with Gasteiger partial charge in [-0.1, -0.05) is 47.4 Å². The first-order valence-corrected chi connectivity index (χ1v) is 7.57. The molecule has 0 bridgehead atoms. The van der Waals surface area contributed by atoms with Gasteiger partial charge in [0.15, 0.2) is 5.78 Å². The van der Waals surface area contributed by atoms with E-state index in [1.807, 2.05) is 44.2 Å². The predicted octanol–water partition coefficient (Wildman–Crippen LogP) is 5.67. The fraction of sp³-hybridized carbons (Fsp3) is 0.214. The highest BCUT2D eigenvalue weighted by Gasteiger charge is 2.14. The minimum atomic E-state index is 0.0249. The maximum absolute atomic E-state index is 11.9. The van der Waals surface area contributed by atoms with Crippen molar-refractivity contribution in [3.05, 3.63) is 44.7 Å². The summed E-state index contributed by atoms with van der Waals surface area (Å²) in [5.41, 5.74) is 0.965. The first kappa shape index (κ1) is 13.8. The van der Waals surface area contributed by atoms with Crippen LogP contribution in [0.3, 0.4) is 0 Å². The summed E-state index contributed by atoms with van der Waals surface area (Å²) in [5, 5.41) is 0.690. The number of carbonyl (C=O) groups excluding carboxylic acids is 1. The SMILES string of the molecule is CC(C)C(=O)c1ccc(-c2ccc(Br)cc2Cl)s1. The molecule has 0 radical (unpaired) electrons. The van der Waals surface area contributed by atoms with E-state index in [-0.39, 0.29) is 11.7 Å². The van der Waals surface area contributed by atoms with Gasteiger partial charge in [0, 0.05) is 20.8 Å². The summed E-state index contributed by atoms with van der Waals surface area (Å²) < 4.78 is 0.950. The minimum Gasteiger partial charge on any atom is -0.293 e. The molecule has 1 aromatic carbocycles. The van der Waals surface area contributed by atoms with Crippen LogP contribution in [0.5, 0.6) is 0 Å². The van der Waals surface area contributed by atoms with Crippen molar-refractivity contribution < 1.29 is 4.79 Å². The molecule has 2 aromatic rings. The number of rotatable bonds is 3. The van der Waals surface area contributed by atoms with Gasteiger partial charge < -0.3 is 0 Å². The van der Waals surface area contributed by atoms with Crippen LogP contribution in [0.15, 0.2) is 34.8 Å². The minimum absolute atomic E-state index is 0.0249. The van der Waals surface area contributed by atoms with E-state index in [1.54, 1.807) is 0 Å². The molecule has 1 heterocycles. The van der Waals surface area contributed by atoms with Gasteiger partial charge in [0.1, 0.15) is 0 Å². The van der Waals surface area contributed by atoms with Crippen LogP contribution in [0.1, 0.15) is 23.5 Å². The number of ketones is 1. The topological polar surface area (TPSA) is 17.1 Å². The van der Waals surface area contributed by atoms with Crippen LogP contribution in [0, 0.1) is 5.92 Å². The summed E-state index contributed by atoms with van der Waals surface area (Å²) in [4.78, 5) is 13.7. The number of halogens is 2. The summed E-state index contributed by atoms with van der Waals surface area (Å²) in [6.07, 6.45) is 0. The summed E-state index contributed by atoms with van der Waals surface area (Å²) in [5.74, 6) is 0.205. The second-order valence-electron chi connectivity index (χ2n) is 4.31. The first-order chi connectivity index (χ1) is 8.49. The molecule has 0 fully saturated rings. The molecule has 18 heavy (non-hydrogen) atoms. The van der Waals surface area contributed by atoms with Crippen LogP contribution in [-0.4, -0.2) is 5.78 Å². The van der Waals surface area contributed by atoms with Crippen molar-refractivity contribution in [1.29, 1.82) is 0 Å². The third-order valence-electron chi connectivity index (χ3n) is 2.57. The average molecular weight is 344 g/mol. The number of benzene rings is 1. The molecule has 1 nitrogen and oxygen atoms in total. The molecule has 0 unspecified atom stereocenters. The fourth-order valence-electron chi connectivity index (χ4n) is 1.59. The normalized spacial score (nSPS) is 10.9.